The van der Waals surface area contributed by atoms with Crippen molar-refractivity contribution in [1.82, 2.24) is 0 Å². The molecule has 0 N–H and O–H groups in total. The van der Waals surface area contributed by atoms with E-state index in [4.69, 9.17) is 0 Å². The van der Waals surface area contributed by atoms with Crippen molar-refractivity contribution in [2.24, 2.45) is 0 Å². The fraction of sp³-hybridized carbons (Fsp3) is 0.400. The van der Waals surface area contributed by atoms with Crippen LogP contribution < -0.4 is 0 Å². The minimum Gasteiger partial charge on any atom is -0.233 e. The van der Waals surface area contributed by atoms with Crippen LogP contribution in [0.15, 0.2) is 28.9 Å². The quantitative estimate of drug-likeness (QED) is 0.497. The molecule has 1 aliphatic carbocycles. The summed E-state index contributed by atoms with van der Waals surface area (Å²) >= 11 is 0. The van der Waals surface area contributed by atoms with Crippen LogP contribution >= 0.6 is 0 Å². The Balaban J connectivity index is 0.00000121. The van der Waals surface area contributed by atoms with Crippen molar-refractivity contribution in [2.75, 3.05) is 0 Å². The van der Waals surface area contributed by atoms with E-state index >= 15 is 0 Å². The van der Waals surface area contributed by atoms with E-state index in [2.05, 4.69) is 13.8 Å². The summed E-state index contributed by atoms with van der Waals surface area (Å²) in [7, 11) is 0. The van der Waals surface area contributed by atoms with Gasteiger partial charge in [0.15, 0.2) is 0 Å². The zero-order valence-electron chi connectivity index (χ0n) is 7.36. The minimum atomic E-state index is 0. The molecule has 0 bridgehead atoms. The molecule has 12 heavy (non-hydrogen) atoms. The summed E-state index contributed by atoms with van der Waals surface area (Å²) in [5.41, 5.74) is 3.19. The first kappa shape index (κ1) is 11.4. The van der Waals surface area contributed by atoms with Crippen LogP contribution in [0.3, 0.4) is 0 Å². The molecule has 0 aromatic heterocycles. The van der Waals surface area contributed by atoms with Crippen LogP contribution in [-0.2, 0) is 21.9 Å². The van der Waals surface area contributed by atoms with Crippen molar-refractivity contribution in [1.29, 1.82) is 0 Å². The topological polar surface area (TPSA) is 17.1 Å². The molecule has 0 saturated carbocycles. The molecule has 0 atom stereocenters. The van der Waals surface area contributed by atoms with Crippen LogP contribution in [0.2, 0.25) is 0 Å². The van der Waals surface area contributed by atoms with E-state index in [-0.39, 0.29) is 17.1 Å². The van der Waals surface area contributed by atoms with Gasteiger partial charge in [0.05, 0.1) is 5.57 Å². The zero-order chi connectivity index (χ0) is 8.27. The maximum atomic E-state index is 10.4. The van der Waals surface area contributed by atoms with Gasteiger partial charge >= 0.3 is 0 Å². The van der Waals surface area contributed by atoms with Crippen molar-refractivity contribution in [3.63, 3.8) is 0 Å². The van der Waals surface area contributed by atoms with Gasteiger partial charge in [-0.1, -0.05) is 19.9 Å². The number of hydrogen-bond donors (Lipinski definition) is 0. The summed E-state index contributed by atoms with van der Waals surface area (Å²) in [6.45, 7) is 4.17. The fourth-order valence-electron chi connectivity index (χ4n) is 1.40. The average molecular weight is 203 g/mol. The number of carbonyl (C=O) groups excluding carboxylic acids is 1. The van der Waals surface area contributed by atoms with E-state index in [9.17, 15) is 4.79 Å². The van der Waals surface area contributed by atoms with E-state index in [1.54, 1.807) is 0 Å². The molecule has 2 heteroatoms. The summed E-state index contributed by atoms with van der Waals surface area (Å²) in [5, 5.41) is 0. The molecule has 1 nitrogen and oxygen atoms in total. The number of hydrogen-bond acceptors (Lipinski definition) is 1. The Kier molecular flexibility index (Phi) is 4.92. The molecule has 0 heterocycles. The third kappa shape index (κ3) is 1.98. The van der Waals surface area contributed by atoms with Crippen LogP contribution in [0.4, 0.5) is 0 Å². The summed E-state index contributed by atoms with van der Waals surface area (Å²) < 4.78 is 0. The van der Waals surface area contributed by atoms with E-state index in [1.807, 2.05) is 18.1 Å². The number of rotatable bonds is 2. The van der Waals surface area contributed by atoms with Crippen LogP contribution in [-0.4, -0.2) is 5.94 Å². The second-order valence-electron chi connectivity index (χ2n) is 2.56. The maximum Gasteiger partial charge on any atom is 0.132 e. The molecule has 1 radical (unpaired) electrons. The summed E-state index contributed by atoms with van der Waals surface area (Å²) in [6.07, 6.45) is 5.80. The van der Waals surface area contributed by atoms with Gasteiger partial charge in [-0.05, 0) is 30.1 Å². The van der Waals surface area contributed by atoms with E-state index < -0.39 is 0 Å². The zero-order valence-corrected chi connectivity index (χ0v) is 8.54. The Morgan fingerprint density at radius 2 is 1.92 bits per heavy atom. The Labute approximate surface area is 83.7 Å². The second kappa shape index (κ2) is 5.16. The molecule has 0 aromatic rings. The molecule has 0 aromatic carbocycles. The molecule has 0 spiro atoms. The Hall–Kier alpha value is -0.551. The van der Waals surface area contributed by atoms with Crippen molar-refractivity contribution in [3.05, 3.63) is 28.9 Å². The minimum absolute atomic E-state index is 0. The van der Waals surface area contributed by atoms with Gasteiger partial charge in [0.2, 0.25) is 0 Å². The first-order valence-electron chi connectivity index (χ1n) is 3.99. The van der Waals surface area contributed by atoms with Gasteiger partial charge in [-0.25, -0.2) is 4.79 Å². The second-order valence-corrected chi connectivity index (χ2v) is 2.56. The standard InChI is InChI=1S/C10H12O.Mn/c1-3-8-5-6-9(7-11)10(8)4-2;/h5-6H,3-4H2,1-2H3;. The predicted molar refractivity (Wildman–Crippen MR) is 46.0 cm³/mol. The van der Waals surface area contributed by atoms with Gasteiger partial charge in [0, 0.05) is 17.1 Å². The van der Waals surface area contributed by atoms with Crippen molar-refractivity contribution in [2.45, 2.75) is 26.7 Å². The molecule has 0 saturated heterocycles. The van der Waals surface area contributed by atoms with Crippen LogP contribution in [0, 0.1) is 0 Å². The van der Waals surface area contributed by atoms with Gasteiger partial charge in [-0.15, -0.1) is 0 Å². The van der Waals surface area contributed by atoms with Crippen LogP contribution in [0.5, 0.6) is 0 Å². The third-order valence-corrected chi connectivity index (χ3v) is 2.01. The Bertz CT molecular complexity index is 268. The van der Waals surface area contributed by atoms with E-state index in [1.165, 1.54) is 11.1 Å². The molecular formula is C10H12MnO. The van der Waals surface area contributed by atoms with Crippen molar-refractivity contribution in [3.8, 4) is 0 Å². The van der Waals surface area contributed by atoms with E-state index in [0.717, 1.165) is 18.4 Å². The summed E-state index contributed by atoms with van der Waals surface area (Å²) in [6, 6.07) is 0. The average Bonchev–Trinajstić information content (AvgIpc) is 2.45. The van der Waals surface area contributed by atoms with Crippen molar-refractivity contribution >= 4 is 5.94 Å². The molecule has 0 fully saturated rings. The van der Waals surface area contributed by atoms with Gasteiger partial charge < -0.3 is 0 Å². The monoisotopic (exact) mass is 203 g/mol. The van der Waals surface area contributed by atoms with Gasteiger partial charge in [0.25, 0.3) is 0 Å². The summed E-state index contributed by atoms with van der Waals surface area (Å²) in [4.78, 5) is 10.4. The normalized spacial score (nSPS) is 14.7. The van der Waals surface area contributed by atoms with Crippen molar-refractivity contribution < 1.29 is 21.9 Å². The van der Waals surface area contributed by atoms with Crippen LogP contribution in [0.25, 0.3) is 0 Å². The molecule has 1 rings (SSSR count). The molecule has 0 unspecified atom stereocenters. The molecular weight excluding hydrogens is 191 g/mol. The SMILES string of the molecule is CCC1=C(CC)C(=C=O)C=C1.[Mn]. The van der Waals surface area contributed by atoms with Gasteiger partial charge in [0.1, 0.15) is 5.94 Å². The van der Waals surface area contributed by atoms with Gasteiger partial charge in [-0.2, -0.15) is 0 Å². The first-order valence-corrected chi connectivity index (χ1v) is 3.99. The summed E-state index contributed by atoms with van der Waals surface area (Å²) in [5.74, 6) is 1.95. The predicted octanol–water partition coefficient (Wildman–Crippen LogP) is 2.43. The smallest absolute Gasteiger partial charge is 0.132 e. The molecule has 65 valence electrons. The van der Waals surface area contributed by atoms with Crippen LogP contribution in [0.1, 0.15) is 26.7 Å². The third-order valence-electron chi connectivity index (χ3n) is 2.01. The maximum absolute atomic E-state index is 10.4. The first-order chi connectivity index (χ1) is 5.33. The molecule has 0 amide bonds. The molecule has 1 aliphatic rings. The fourth-order valence-corrected chi connectivity index (χ4v) is 1.40. The Morgan fingerprint density at radius 3 is 2.33 bits per heavy atom. The largest absolute Gasteiger partial charge is 0.233 e. The number of allylic oxidation sites excluding steroid dienone is 5. The Morgan fingerprint density at radius 1 is 1.25 bits per heavy atom. The van der Waals surface area contributed by atoms with E-state index in [0.29, 0.717) is 0 Å². The van der Waals surface area contributed by atoms with Gasteiger partial charge in [-0.3, -0.25) is 0 Å². The molecule has 0 aliphatic heterocycles.